The number of nitrogen functional groups attached to an aromatic ring is 1. The van der Waals surface area contributed by atoms with Crippen LogP contribution in [0.3, 0.4) is 0 Å². The standard InChI is InChI=1S/C14H18N4O/c1-9-6-12(15)4-5-13(9)16-14(19)8-18-11(3)7-10(2)17-18/h4-7H,8,15H2,1-3H3,(H,16,19). The quantitative estimate of drug-likeness (QED) is 0.827. The molecule has 0 aliphatic heterocycles. The van der Waals surface area contributed by atoms with Crippen molar-refractivity contribution in [1.82, 2.24) is 9.78 Å². The average molecular weight is 258 g/mol. The number of anilines is 2. The zero-order valence-electron chi connectivity index (χ0n) is 11.4. The molecular formula is C14H18N4O. The lowest BCUT2D eigenvalue weighted by Crippen LogP contribution is -2.20. The van der Waals surface area contributed by atoms with E-state index in [1.54, 1.807) is 10.7 Å². The number of nitrogens with one attached hydrogen (secondary N) is 1. The van der Waals surface area contributed by atoms with Gasteiger partial charge in [-0.15, -0.1) is 0 Å². The lowest BCUT2D eigenvalue weighted by Gasteiger charge is -2.09. The molecule has 2 rings (SSSR count). The van der Waals surface area contributed by atoms with Crippen LogP contribution in [0.25, 0.3) is 0 Å². The van der Waals surface area contributed by atoms with E-state index in [-0.39, 0.29) is 12.5 Å². The van der Waals surface area contributed by atoms with Gasteiger partial charge in [0.2, 0.25) is 5.91 Å². The molecule has 0 unspecified atom stereocenters. The van der Waals surface area contributed by atoms with Gasteiger partial charge in [0.05, 0.1) is 5.69 Å². The topological polar surface area (TPSA) is 72.9 Å². The Morgan fingerprint density at radius 1 is 1.32 bits per heavy atom. The van der Waals surface area contributed by atoms with Crippen LogP contribution in [0.1, 0.15) is 17.0 Å². The Balaban J connectivity index is 2.07. The van der Waals surface area contributed by atoms with Crippen molar-refractivity contribution in [3.05, 3.63) is 41.2 Å². The predicted molar refractivity (Wildman–Crippen MR) is 75.9 cm³/mol. The monoisotopic (exact) mass is 258 g/mol. The van der Waals surface area contributed by atoms with Crippen molar-refractivity contribution < 1.29 is 4.79 Å². The van der Waals surface area contributed by atoms with Crippen molar-refractivity contribution in [3.8, 4) is 0 Å². The van der Waals surface area contributed by atoms with Crippen LogP contribution in [-0.4, -0.2) is 15.7 Å². The van der Waals surface area contributed by atoms with Crippen molar-refractivity contribution in [2.45, 2.75) is 27.3 Å². The van der Waals surface area contributed by atoms with Gasteiger partial charge in [-0.3, -0.25) is 9.48 Å². The summed E-state index contributed by atoms with van der Waals surface area (Å²) in [5.41, 5.74) is 9.98. The summed E-state index contributed by atoms with van der Waals surface area (Å²) in [6.45, 7) is 5.96. The number of benzene rings is 1. The number of aryl methyl sites for hydroxylation is 3. The summed E-state index contributed by atoms with van der Waals surface area (Å²) in [5.74, 6) is -0.0981. The lowest BCUT2D eigenvalue weighted by atomic mass is 10.2. The van der Waals surface area contributed by atoms with E-state index in [9.17, 15) is 4.79 Å². The van der Waals surface area contributed by atoms with Gasteiger partial charge in [0.25, 0.3) is 0 Å². The van der Waals surface area contributed by atoms with E-state index in [4.69, 9.17) is 5.73 Å². The highest BCUT2D eigenvalue weighted by Crippen LogP contribution is 2.17. The second-order valence-electron chi connectivity index (χ2n) is 4.71. The van der Waals surface area contributed by atoms with Gasteiger partial charge in [-0.2, -0.15) is 5.10 Å². The number of hydrogen-bond acceptors (Lipinski definition) is 3. The summed E-state index contributed by atoms with van der Waals surface area (Å²) >= 11 is 0. The molecule has 0 bridgehead atoms. The minimum Gasteiger partial charge on any atom is -0.399 e. The molecule has 2 aromatic rings. The van der Waals surface area contributed by atoms with Crippen LogP contribution < -0.4 is 11.1 Å². The minimum atomic E-state index is -0.0981. The fraction of sp³-hybridized carbons (Fsp3) is 0.286. The molecule has 100 valence electrons. The summed E-state index contributed by atoms with van der Waals surface area (Å²) in [4.78, 5) is 12.0. The van der Waals surface area contributed by atoms with Crippen molar-refractivity contribution in [2.75, 3.05) is 11.1 Å². The third-order valence-corrected chi connectivity index (χ3v) is 2.92. The van der Waals surface area contributed by atoms with Gasteiger partial charge in [-0.25, -0.2) is 0 Å². The van der Waals surface area contributed by atoms with Crippen LogP contribution >= 0.6 is 0 Å². The molecule has 5 nitrogen and oxygen atoms in total. The molecule has 0 fully saturated rings. The molecule has 0 radical (unpaired) electrons. The normalized spacial score (nSPS) is 10.5. The zero-order chi connectivity index (χ0) is 14.0. The maximum Gasteiger partial charge on any atom is 0.246 e. The van der Waals surface area contributed by atoms with Gasteiger partial charge >= 0.3 is 0 Å². The molecule has 0 aliphatic carbocycles. The SMILES string of the molecule is Cc1cc(C)n(CC(=O)Nc2ccc(N)cc2C)n1. The van der Waals surface area contributed by atoms with Gasteiger partial charge in [-0.1, -0.05) is 0 Å². The van der Waals surface area contributed by atoms with E-state index in [1.165, 1.54) is 0 Å². The van der Waals surface area contributed by atoms with Crippen LogP contribution in [0.5, 0.6) is 0 Å². The Hall–Kier alpha value is -2.30. The fourth-order valence-electron chi connectivity index (χ4n) is 1.99. The molecule has 0 saturated carbocycles. The Morgan fingerprint density at radius 3 is 2.63 bits per heavy atom. The van der Waals surface area contributed by atoms with E-state index < -0.39 is 0 Å². The van der Waals surface area contributed by atoms with Crippen LogP contribution in [-0.2, 0) is 11.3 Å². The summed E-state index contributed by atoms with van der Waals surface area (Å²) < 4.78 is 1.69. The van der Waals surface area contributed by atoms with Crippen molar-refractivity contribution in [1.29, 1.82) is 0 Å². The molecule has 5 heteroatoms. The smallest absolute Gasteiger partial charge is 0.246 e. The maximum atomic E-state index is 12.0. The van der Waals surface area contributed by atoms with Gasteiger partial charge in [0.15, 0.2) is 0 Å². The maximum absolute atomic E-state index is 12.0. The van der Waals surface area contributed by atoms with Crippen molar-refractivity contribution >= 4 is 17.3 Å². The Kier molecular flexibility index (Phi) is 3.55. The van der Waals surface area contributed by atoms with Crippen molar-refractivity contribution in [3.63, 3.8) is 0 Å². The fourth-order valence-corrected chi connectivity index (χ4v) is 1.99. The van der Waals surface area contributed by atoms with Crippen molar-refractivity contribution in [2.24, 2.45) is 0 Å². The first-order chi connectivity index (χ1) is 8.95. The highest BCUT2D eigenvalue weighted by Gasteiger charge is 2.08. The third-order valence-electron chi connectivity index (χ3n) is 2.92. The van der Waals surface area contributed by atoms with Gasteiger partial charge in [0.1, 0.15) is 6.54 Å². The van der Waals surface area contributed by atoms with Crippen LogP contribution in [0.15, 0.2) is 24.3 Å². The number of carbonyl (C=O) groups excluding carboxylic acids is 1. The molecule has 0 atom stereocenters. The van der Waals surface area contributed by atoms with E-state index >= 15 is 0 Å². The van der Waals surface area contributed by atoms with Crippen LogP contribution in [0.2, 0.25) is 0 Å². The Labute approximate surface area is 112 Å². The second-order valence-corrected chi connectivity index (χ2v) is 4.71. The highest BCUT2D eigenvalue weighted by atomic mass is 16.2. The summed E-state index contributed by atoms with van der Waals surface area (Å²) in [6.07, 6.45) is 0. The first-order valence-electron chi connectivity index (χ1n) is 6.13. The number of nitrogens with two attached hydrogens (primary N) is 1. The molecule has 0 saturated heterocycles. The summed E-state index contributed by atoms with van der Waals surface area (Å²) in [7, 11) is 0. The number of rotatable bonds is 3. The van der Waals surface area contributed by atoms with Gasteiger partial charge in [-0.05, 0) is 50.6 Å². The number of amides is 1. The molecule has 0 spiro atoms. The van der Waals surface area contributed by atoms with Crippen LogP contribution in [0.4, 0.5) is 11.4 Å². The Bertz CT molecular complexity index is 616. The summed E-state index contributed by atoms with van der Waals surface area (Å²) in [6, 6.07) is 7.36. The summed E-state index contributed by atoms with van der Waals surface area (Å²) in [5, 5.41) is 7.13. The molecule has 1 aromatic carbocycles. The molecule has 1 heterocycles. The molecule has 0 aliphatic rings. The number of carbonyl (C=O) groups is 1. The van der Waals surface area contributed by atoms with E-state index in [2.05, 4.69) is 10.4 Å². The van der Waals surface area contributed by atoms with Gasteiger partial charge in [0, 0.05) is 17.1 Å². The molecule has 1 amide bonds. The largest absolute Gasteiger partial charge is 0.399 e. The third kappa shape index (κ3) is 3.13. The van der Waals surface area contributed by atoms with E-state index in [1.807, 2.05) is 39.0 Å². The number of aromatic nitrogens is 2. The first-order valence-corrected chi connectivity index (χ1v) is 6.13. The zero-order valence-corrected chi connectivity index (χ0v) is 11.4. The highest BCUT2D eigenvalue weighted by molar-refractivity contribution is 5.91. The Morgan fingerprint density at radius 2 is 2.05 bits per heavy atom. The van der Waals surface area contributed by atoms with E-state index in [0.29, 0.717) is 5.69 Å². The molecule has 1 aromatic heterocycles. The number of hydrogen-bond donors (Lipinski definition) is 2. The predicted octanol–water partition coefficient (Wildman–Crippen LogP) is 2.03. The molecule has 3 N–H and O–H groups in total. The molecule has 19 heavy (non-hydrogen) atoms. The molecular weight excluding hydrogens is 240 g/mol. The minimum absolute atomic E-state index is 0.0981. The van der Waals surface area contributed by atoms with Gasteiger partial charge < -0.3 is 11.1 Å². The average Bonchev–Trinajstić information content (AvgIpc) is 2.61. The van der Waals surface area contributed by atoms with Crippen LogP contribution in [0, 0.1) is 20.8 Å². The first kappa shape index (κ1) is 13.1. The lowest BCUT2D eigenvalue weighted by molar-refractivity contribution is -0.116. The second kappa shape index (κ2) is 5.14. The van der Waals surface area contributed by atoms with E-state index in [0.717, 1.165) is 22.6 Å². The number of nitrogens with zero attached hydrogens (tertiary/aromatic N) is 2.